The molecule has 1 heterocycles. The van der Waals surface area contributed by atoms with Crippen molar-refractivity contribution in [3.63, 3.8) is 0 Å². The van der Waals surface area contributed by atoms with Crippen molar-refractivity contribution in [2.45, 2.75) is 59.0 Å². The molecule has 2 rings (SSSR count). The van der Waals surface area contributed by atoms with Crippen LogP contribution in [0, 0.1) is 5.92 Å². The average molecular weight is 274 g/mol. The smallest absolute Gasteiger partial charge is 0.0438 e. The highest BCUT2D eigenvalue weighted by atomic mass is 15.3. The average Bonchev–Trinajstić information content (AvgIpc) is 2.37. The maximum atomic E-state index is 3.69. The van der Waals surface area contributed by atoms with Crippen LogP contribution in [0.25, 0.3) is 0 Å². The monoisotopic (exact) mass is 274 g/mol. The molecular formula is C18H30N2. The Kier molecular flexibility index (Phi) is 4.43. The van der Waals surface area contributed by atoms with Gasteiger partial charge < -0.3 is 10.2 Å². The number of benzene rings is 1. The molecule has 1 aromatic carbocycles. The highest BCUT2D eigenvalue weighted by Crippen LogP contribution is 2.29. The number of anilines is 1. The largest absolute Gasteiger partial charge is 0.365 e. The molecular weight excluding hydrogens is 244 g/mol. The van der Waals surface area contributed by atoms with Gasteiger partial charge in [-0.15, -0.1) is 0 Å². The molecule has 1 aliphatic rings. The second-order valence-corrected chi connectivity index (χ2v) is 7.45. The predicted molar refractivity (Wildman–Crippen MR) is 88.6 cm³/mol. The first kappa shape index (κ1) is 15.4. The molecule has 0 bridgehead atoms. The number of nitrogens with one attached hydrogen (secondary N) is 1. The van der Waals surface area contributed by atoms with E-state index in [1.54, 1.807) is 0 Å². The van der Waals surface area contributed by atoms with Crippen LogP contribution in [0.15, 0.2) is 24.3 Å². The van der Waals surface area contributed by atoms with Crippen LogP contribution in [0.5, 0.6) is 0 Å². The molecule has 20 heavy (non-hydrogen) atoms. The van der Waals surface area contributed by atoms with Gasteiger partial charge >= 0.3 is 0 Å². The van der Waals surface area contributed by atoms with Crippen molar-refractivity contribution in [1.29, 1.82) is 0 Å². The van der Waals surface area contributed by atoms with E-state index >= 15 is 0 Å². The van der Waals surface area contributed by atoms with Gasteiger partial charge in [-0.1, -0.05) is 39.8 Å². The maximum absolute atomic E-state index is 3.69. The molecule has 0 radical (unpaired) electrons. The van der Waals surface area contributed by atoms with Crippen molar-refractivity contribution in [2.75, 3.05) is 18.0 Å². The van der Waals surface area contributed by atoms with E-state index in [9.17, 15) is 0 Å². The Morgan fingerprint density at radius 3 is 2.50 bits per heavy atom. The highest BCUT2D eigenvalue weighted by molar-refractivity contribution is 5.51. The summed E-state index contributed by atoms with van der Waals surface area (Å²) in [5, 5.41) is 3.69. The van der Waals surface area contributed by atoms with Gasteiger partial charge in [-0.3, -0.25) is 0 Å². The van der Waals surface area contributed by atoms with Gasteiger partial charge in [0.25, 0.3) is 0 Å². The lowest BCUT2D eigenvalue weighted by molar-refractivity contribution is 0.277. The molecule has 1 fully saturated rings. The lowest BCUT2D eigenvalue weighted by atomic mass is 9.92. The Morgan fingerprint density at radius 2 is 1.90 bits per heavy atom. The number of piperazine rings is 1. The predicted octanol–water partition coefficient (Wildman–Crippen LogP) is 4.02. The van der Waals surface area contributed by atoms with Crippen molar-refractivity contribution < 1.29 is 0 Å². The summed E-state index contributed by atoms with van der Waals surface area (Å²) < 4.78 is 0. The fraction of sp³-hybridized carbons (Fsp3) is 0.667. The molecule has 1 unspecified atom stereocenters. The van der Waals surface area contributed by atoms with E-state index in [0.29, 0.717) is 17.9 Å². The van der Waals surface area contributed by atoms with Crippen LogP contribution >= 0.6 is 0 Å². The van der Waals surface area contributed by atoms with Crippen molar-refractivity contribution in [3.05, 3.63) is 29.8 Å². The quantitative estimate of drug-likeness (QED) is 0.895. The van der Waals surface area contributed by atoms with Crippen LogP contribution < -0.4 is 10.2 Å². The van der Waals surface area contributed by atoms with Gasteiger partial charge in [0.2, 0.25) is 0 Å². The van der Waals surface area contributed by atoms with E-state index < -0.39 is 0 Å². The molecule has 2 nitrogen and oxygen atoms in total. The molecule has 112 valence electrons. The molecule has 1 atom stereocenters. The third kappa shape index (κ3) is 3.35. The van der Waals surface area contributed by atoms with E-state index in [1.807, 2.05) is 0 Å². The molecule has 0 aromatic heterocycles. The first-order chi connectivity index (χ1) is 9.30. The Balaban J connectivity index is 2.32. The molecule has 0 amide bonds. The summed E-state index contributed by atoms with van der Waals surface area (Å²) in [6, 6.07) is 9.66. The summed E-state index contributed by atoms with van der Waals surface area (Å²) in [4.78, 5) is 2.60. The number of hydrogen-bond donors (Lipinski definition) is 1. The molecule has 0 spiro atoms. The van der Waals surface area contributed by atoms with E-state index in [4.69, 9.17) is 0 Å². The van der Waals surface area contributed by atoms with Crippen molar-refractivity contribution in [3.8, 4) is 0 Å². The first-order valence-electron chi connectivity index (χ1n) is 7.92. The number of rotatable bonds is 3. The summed E-state index contributed by atoms with van der Waals surface area (Å²) in [7, 11) is 0. The van der Waals surface area contributed by atoms with Crippen LogP contribution in [0.4, 0.5) is 5.69 Å². The zero-order valence-electron chi connectivity index (χ0n) is 13.9. The maximum Gasteiger partial charge on any atom is 0.0438 e. The van der Waals surface area contributed by atoms with Gasteiger partial charge in [-0.2, -0.15) is 0 Å². The van der Waals surface area contributed by atoms with E-state index in [1.165, 1.54) is 11.3 Å². The minimum atomic E-state index is 0.180. The fourth-order valence-corrected chi connectivity index (χ4v) is 3.03. The van der Waals surface area contributed by atoms with E-state index in [-0.39, 0.29) is 5.54 Å². The normalized spacial score (nSPS) is 22.6. The standard InChI is InChI=1S/C18H30N2/c1-13(2)15-8-7-9-16(10-15)20-12-18(5,6)19-11-17(20)14(3)4/h7-10,13-14,17,19H,11-12H2,1-6H3. The van der Waals surface area contributed by atoms with Gasteiger partial charge in [0.15, 0.2) is 0 Å². The summed E-state index contributed by atoms with van der Waals surface area (Å²) in [5.74, 6) is 1.24. The molecule has 1 N–H and O–H groups in total. The minimum Gasteiger partial charge on any atom is -0.365 e. The number of hydrogen-bond acceptors (Lipinski definition) is 2. The summed E-state index contributed by atoms with van der Waals surface area (Å²) >= 11 is 0. The fourth-order valence-electron chi connectivity index (χ4n) is 3.03. The van der Waals surface area contributed by atoms with E-state index in [0.717, 1.165) is 13.1 Å². The third-order valence-electron chi connectivity index (χ3n) is 4.39. The Labute approximate surface area is 124 Å². The van der Waals surface area contributed by atoms with Crippen LogP contribution in [0.3, 0.4) is 0 Å². The zero-order chi connectivity index (χ0) is 14.9. The molecule has 1 aromatic rings. The Bertz CT molecular complexity index is 448. The molecule has 0 aliphatic carbocycles. The zero-order valence-corrected chi connectivity index (χ0v) is 13.9. The molecule has 2 heteroatoms. The van der Waals surface area contributed by atoms with Crippen molar-refractivity contribution >= 4 is 5.69 Å². The molecule has 1 saturated heterocycles. The van der Waals surface area contributed by atoms with Crippen LogP contribution in [-0.2, 0) is 0 Å². The second kappa shape index (κ2) is 5.77. The topological polar surface area (TPSA) is 15.3 Å². The highest BCUT2D eigenvalue weighted by Gasteiger charge is 2.34. The summed E-state index contributed by atoms with van der Waals surface area (Å²) in [6.07, 6.45) is 0. The SMILES string of the molecule is CC(C)c1cccc(N2CC(C)(C)NCC2C(C)C)c1. The van der Waals surface area contributed by atoms with Gasteiger partial charge in [-0.25, -0.2) is 0 Å². The van der Waals surface area contributed by atoms with E-state index in [2.05, 4.69) is 76.0 Å². The van der Waals surface area contributed by atoms with Crippen LogP contribution in [0.2, 0.25) is 0 Å². The molecule has 0 saturated carbocycles. The Hall–Kier alpha value is -1.02. The van der Waals surface area contributed by atoms with Crippen LogP contribution in [0.1, 0.15) is 53.0 Å². The van der Waals surface area contributed by atoms with Gasteiger partial charge in [0.1, 0.15) is 0 Å². The second-order valence-electron chi connectivity index (χ2n) is 7.45. The van der Waals surface area contributed by atoms with Gasteiger partial charge in [0.05, 0.1) is 0 Å². The van der Waals surface area contributed by atoms with Gasteiger partial charge in [-0.05, 0) is 43.4 Å². The number of nitrogens with zero attached hydrogens (tertiary/aromatic N) is 1. The minimum absolute atomic E-state index is 0.180. The summed E-state index contributed by atoms with van der Waals surface area (Å²) in [5.41, 5.74) is 2.99. The third-order valence-corrected chi connectivity index (χ3v) is 4.39. The van der Waals surface area contributed by atoms with Gasteiger partial charge in [0, 0.05) is 30.4 Å². The lowest BCUT2D eigenvalue weighted by Gasteiger charge is -2.47. The summed E-state index contributed by atoms with van der Waals surface area (Å²) in [6.45, 7) is 15.9. The van der Waals surface area contributed by atoms with Crippen molar-refractivity contribution in [2.24, 2.45) is 5.92 Å². The van der Waals surface area contributed by atoms with Crippen LogP contribution in [-0.4, -0.2) is 24.7 Å². The molecule has 1 aliphatic heterocycles. The Morgan fingerprint density at radius 1 is 1.20 bits per heavy atom. The lowest BCUT2D eigenvalue weighted by Crippen LogP contribution is -2.63. The van der Waals surface area contributed by atoms with Crippen molar-refractivity contribution in [1.82, 2.24) is 5.32 Å². The first-order valence-corrected chi connectivity index (χ1v) is 7.92.